The molecule has 0 aromatic rings. The molecule has 1 aliphatic heterocycles. The Balaban J connectivity index is 2.54. The number of nitrogens with zero attached hydrogens (tertiary/aromatic N) is 2. The number of hydrogen-bond donors (Lipinski definition) is 0. The van der Waals surface area contributed by atoms with Gasteiger partial charge in [-0.05, 0) is 6.92 Å². The van der Waals surface area contributed by atoms with E-state index in [2.05, 4.69) is 11.5 Å². The minimum absolute atomic E-state index is 0.738. The van der Waals surface area contributed by atoms with E-state index in [1.807, 2.05) is 18.9 Å². The third-order valence-electron chi connectivity index (χ3n) is 1.10. The van der Waals surface area contributed by atoms with E-state index < -0.39 is 0 Å². The molecule has 1 aliphatic rings. The second kappa shape index (κ2) is 1.52. The van der Waals surface area contributed by atoms with Gasteiger partial charge in [0.25, 0.3) is 0 Å². The Kier molecular flexibility index (Phi) is 1.01. The Morgan fingerprint density at radius 1 is 1.86 bits per heavy atom. The lowest BCUT2D eigenvalue weighted by molar-refractivity contribution is 0.637. The molecule has 1 heterocycles. The molecule has 0 saturated heterocycles. The molecular weight excluding hydrogens is 88.1 g/mol. The van der Waals surface area contributed by atoms with Crippen LogP contribution in [0.4, 0.5) is 0 Å². The number of rotatable bonds is 0. The summed E-state index contributed by atoms with van der Waals surface area (Å²) in [5.41, 5.74) is 0. The third-order valence-corrected chi connectivity index (χ3v) is 1.10. The van der Waals surface area contributed by atoms with Crippen LogP contribution in [0, 0.1) is 6.54 Å². The fraction of sp³-hybridized carbons (Fsp3) is 0.600. The molecule has 2 heteroatoms. The average molecular weight is 96.1 g/mol. The van der Waals surface area contributed by atoms with Gasteiger partial charge in [-0.15, -0.1) is 0 Å². The molecule has 0 aromatic carbocycles. The minimum Gasteiger partial charge on any atom is -0.351 e. The molecule has 0 amide bonds. The summed E-state index contributed by atoms with van der Waals surface area (Å²) in [5.74, 6) is 1.06. The second-order valence-electron chi connectivity index (χ2n) is 1.58. The molecule has 0 fully saturated rings. The van der Waals surface area contributed by atoms with Gasteiger partial charge in [-0.25, -0.2) is 0 Å². The first-order chi connectivity index (χ1) is 3.30. The highest BCUT2D eigenvalue weighted by Crippen LogP contribution is 1.99. The molecule has 0 spiro atoms. The third kappa shape index (κ3) is 0.734. The van der Waals surface area contributed by atoms with Crippen LogP contribution >= 0.6 is 0 Å². The highest BCUT2D eigenvalue weighted by atomic mass is 15.2. The second-order valence-corrected chi connectivity index (χ2v) is 1.58. The maximum atomic E-state index is 4.05. The van der Waals surface area contributed by atoms with Gasteiger partial charge in [-0.1, -0.05) is 0 Å². The van der Waals surface area contributed by atoms with Crippen molar-refractivity contribution < 1.29 is 0 Å². The average Bonchev–Trinajstić information content (AvgIpc) is 1.91. The zero-order chi connectivity index (χ0) is 5.28. The van der Waals surface area contributed by atoms with Crippen molar-refractivity contribution in [2.45, 2.75) is 6.92 Å². The molecule has 7 heavy (non-hydrogen) atoms. The summed E-state index contributed by atoms with van der Waals surface area (Å²) in [6.45, 7) is 5.71. The SMILES string of the molecule is CC1=NC[C]N1C. The van der Waals surface area contributed by atoms with Gasteiger partial charge in [-0.3, -0.25) is 4.99 Å². The van der Waals surface area contributed by atoms with Crippen LogP contribution in [0.25, 0.3) is 0 Å². The monoisotopic (exact) mass is 96.1 g/mol. The van der Waals surface area contributed by atoms with Crippen molar-refractivity contribution in [3.63, 3.8) is 0 Å². The molecule has 0 atom stereocenters. The summed E-state index contributed by atoms with van der Waals surface area (Å²) in [6, 6.07) is 0. The van der Waals surface area contributed by atoms with Crippen LogP contribution in [0.3, 0.4) is 0 Å². The number of likely N-dealkylation sites (N-methyl/N-ethyl adjacent to an activating group) is 1. The van der Waals surface area contributed by atoms with Crippen molar-refractivity contribution in [3.05, 3.63) is 6.54 Å². The van der Waals surface area contributed by atoms with Gasteiger partial charge < -0.3 is 4.90 Å². The van der Waals surface area contributed by atoms with Crippen molar-refractivity contribution in [2.24, 2.45) is 4.99 Å². The quantitative estimate of drug-likeness (QED) is 0.426. The van der Waals surface area contributed by atoms with E-state index in [0.29, 0.717) is 0 Å². The molecule has 0 N–H and O–H groups in total. The highest BCUT2D eigenvalue weighted by molar-refractivity contribution is 5.81. The van der Waals surface area contributed by atoms with Crippen LogP contribution in [-0.4, -0.2) is 24.3 Å². The van der Waals surface area contributed by atoms with E-state index in [-0.39, 0.29) is 0 Å². The first-order valence-corrected chi connectivity index (χ1v) is 2.29. The smallest absolute Gasteiger partial charge is 0.115 e. The Morgan fingerprint density at radius 3 is 2.71 bits per heavy atom. The molecule has 1 rings (SSSR count). The maximum absolute atomic E-state index is 4.05. The summed E-state index contributed by atoms with van der Waals surface area (Å²) in [7, 11) is 1.95. The number of hydrogen-bond acceptors (Lipinski definition) is 2. The molecular formula is C5H8N2. The van der Waals surface area contributed by atoms with Crippen LogP contribution in [0.15, 0.2) is 4.99 Å². The molecule has 2 radical (unpaired) electrons. The van der Waals surface area contributed by atoms with Gasteiger partial charge in [0.2, 0.25) is 0 Å². The van der Waals surface area contributed by atoms with Crippen LogP contribution in [0.1, 0.15) is 6.92 Å². The lowest BCUT2D eigenvalue weighted by atomic mass is 10.6. The minimum atomic E-state index is 0.738. The van der Waals surface area contributed by atoms with Crippen LogP contribution in [0.2, 0.25) is 0 Å². The summed E-state index contributed by atoms with van der Waals surface area (Å²) >= 11 is 0. The summed E-state index contributed by atoms with van der Waals surface area (Å²) in [5, 5.41) is 0. The fourth-order valence-corrected chi connectivity index (χ4v) is 0.476. The van der Waals surface area contributed by atoms with E-state index in [9.17, 15) is 0 Å². The topological polar surface area (TPSA) is 15.6 Å². The van der Waals surface area contributed by atoms with Gasteiger partial charge >= 0.3 is 0 Å². The largest absolute Gasteiger partial charge is 0.351 e. The lowest BCUT2D eigenvalue weighted by Gasteiger charge is -2.05. The Hall–Kier alpha value is -0.530. The van der Waals surface area contributed by atoms with Gasteiger partial charge in [-0.2, -0.15) is 0 Å². The van der Waals surface area contributed by atoms with E-state index >= 15 is 0 Å². The number of amidine groups is 1. The van der Waals surface area contributed by atoms with E-state index in [0.717, 1.165) is 12.4 Å². The van der Waals surface area contributed by atoms with Gasteiger partial charge in [0.15, 0.2) is 0 Å². The molecule has 38 valence electrons. The Morgan fingerprint density at radius 2 is 2.57 bits per heavy atom. The van der Waals surface area contributed by atoms with Crippen LogP contribution in [0.5, 0.6) is 0 Å². The zero-order valence-corrected chi connectivity index (χ0v) is 4.60. The fourth-order valence-electron chi connectivity index (χ4n) is 0.476. The summed E-state index contributed by atoms with van der Waals surface area (Å²) in [4.78, 5) is 5.95. The highest BCUT2D eigenvalue weighted by Gasteiger charge is 2.05. The van der Waals surface area contributed by atoms with Crippen molar-refractivity contribution >= 4 is 5.84 Å². The predicted octanol–water partition coefficient (Wildman–Crippen LogP) is 0.389. The normalized spacial score (nSPS) is 20.3. The molecule has 0 unspecified atom stereocenters. The molecule has 2 nitrogen and oxygen atoms in total. The standard InChI is InChI=1S/C5H8N2/c1-5-6-3-4-7(5)2/h3H2,1-2H3. The first kappa shape index (κ1) is 4.62. The van der Waals surface area contributed by atoms with Crippen molar-refractivity contribution in [1.29, 1.82) is 0 Å². The van der Waals surface area contributed by atoms with E-state index in [1.54, 1.807) is 0 Å². The van der Waals surface area contributed by atoms with Crippen molar-refractivity contribution in [2.75, 3.05) is 13.6 Å². The molecule has 0 bridgehead atoms. The zero-order valence-electron chi connectivity index (χ0n) is 4.60. The molecule has 0 aliphatic carbocycles. The summed E-state index contributed by atoms with van der Waals surface area (Å²) < 4.78 is 0. The van der Waals surface area contributed by atoms with E-state index in [1.165, 1.54) is 0 Å². The number of aliphatic imine (C=N–C) groups is 1. The Labute approximate surface area is 43.8 Å². The van der Waals surface area contributed by atoms with Gasteiger partial charge in [0.1, 0.15) is 6.54 Å². The lowest BCUT2D eigenvalue weighted by Crippen LogP contribution is -2.14. The first-order valence-electron chi connectivity index (χ1n) is 2.29. The van der Waals surface area contributed by atoms with Gasteiger partial charge in [0, 0.05) is 7.05 Å². The summed E-state index contributed by atoms with van der Waals surface area (Å²) in [6.07, 6.45) is 0. The molecule has 0 saturated carbocycles. The van der Waals surface area contributed by atoms with Gasteiger partial charge in [0.05, 0.1) is 12.4 Å². The maximum Gasteiger partial charge on any atom is 0.115 e. The van der Waals surface area contributed by atoms with Crippen LogP contribution in [-0.2, 0) is 0 Å². The van der Waals surface area contributed by atoms with Crippen molar-refractivity contribution in [1.82, 2.24) is 4.90 Å². The van der Waals surface area contributed by atoms with Crippen LogP contribution < -0.4 is 0 Å². The Bertz CT molecular complexity index is 96.3. The van der Waals surface area contributed by atoms with Crippen molar-refractivity contribution in [3.8, 4) is 0 Å². The molecule has 0 aromatic heterocycles. The van der Waals surface area contributed by atoms with E-state index in [4.69, 9.17) is 0 Å². The predicted molar refractivity (Wildman–Crippen MR) is 29.0 cm³/mol.